The van der Waals surface area contributed by atoms with Crippen LogP contribution in [0.1, 0.15) is 23.7 Å². The highest BCUT2D eigenvalue weighted by molar-refractivity contribution is 7.80. The van der Waals surface area contributed by atoms with Gasteiger partial charge in [-0.1, -0.05) is 23.7 Å². The molecule has 0 fully saturated rings. The van der Waals surface area contributed by atoms with E-state index < -0.39 is 5.92 Å². The molecule has 0 radical (unpaired) electrons. The van der Waals surface area contributed by atoms with Crippen LogP contribution in [-0.4, -0.2) is 42.4 Å². The molecule has 8 heteroatoms. The lowest BCUT2D eigenvalue weighted by Crippen LogP contribution is -2.46. The highest BCUT2D eigenvalue weighted by Crippen LogP contribution is 2.28. The molecule has 0 bridgehead atoms. The summed E-state index contributed by atoms with van der Waals surface area (Å²) in [5.41, 5.74) is 1.48. The van der Waals surface area contributed by atoms with E-state index in [1.165, 1.54) is 4.90 Å². The first kappa shape index (κ1) is 20.4. The van der Waals surface area contributed by atoms with Crippen molar-refractivity contribution in [1.82, 2.24) is 5.32 Å². The first-order valence-corrected chi connectivity index (χ1v) is 9.78. The maximum Gasteiger partial charge on any atom is 0.251 e. The second-order valence-corrected chi connectivity index (χ2v) is 7.02. The molecular formula is C20H20ClN3O3S. The lowest BCUT2D eigenvalue weighted by atomic mass is 9.95. The molecule has 28 heavy (non-hydrogen) atoms. The van der Waals surface area contributed by atoms with Crippen molar-refractivity contribution in [2.24, 2.45) is 10.9 Å². The Hall–Kier alpha value is -2.35. The van der Waals surface area contributed by atoms with Crippen molar-refractivity contribution in [2.75, 3.05) is 24.7 Å². The third-order valence-electron chi connectivity index (χ3n) is 4.28. The van der Waals surface area contributed by atoms with Gasteiger partial charge in [0, 0.05) is 30.4 Å². The molecule has 1 N–H and O–H groups in total. The molecule has 1 aliphatic carbocycles. The number of carbonyl (C=O) groups is 2. The topological polar surface area (TPSA) is 71.0 Å². The van der Waals surface area contributed by atoms with Crippen molar-refractivity contribution < 1.29 is 14.3 Å². The molecule has 2 aliphatic rings. The Morgan fingerprint density at radius 3 is 3.04 bits per heavy atom. The van der Waals surface area contributed by atoms with Crippen molar-refractivity contribution >= 4 is 52.1 Å². The number of hydrogen-bond acceptors (Lipinski definition) is 4. The van der Waals surface area contributed by atoms with Crippen LogP contribution in [0, 0.1) is 5.92 Å². The highest BCUT2D eigenvalue weighted by Gasteiger charge is 2.35. The van der Waals surface area contributed by atoms with Crippen LogP contribution in [0.2, 0.25) is 0 Å². The summed E-state index contributed by atoms with van der Waals surface area (Å²) >= 11 is 11.3. The van der Waals surface area contributed by atoms with Gasteiger partial charge in [-0.3, -0.25) is 14.5 Å². The number of thiocarbonyl (C=S) groups is 1. The number of anilines is 1. The smallest absolute Gasteiger partial charge is 0.251 e. The number of ether oxygens (including phenoxy) is 1. The van der Waals surface area contributed by atoms with Gasteiger partial charge >= 0.3 is 0 Å². The number of nitrogens with one attached hydrogen (secondary N) is 1. The minimum atomic E-state index is -0.537. The fraction of sp³-hybridized carbons (Fsp3) is 0.300. The summed E-state index contributed by atoms with van der Waals surface area (Å²) in [5.74, 6) is -0.976. The molecule has 1 aliphatic heterocycles. The first-order valence-electron chi connectivity index (χ1n) is 8.99. The van der Waals surface area contributed by atoms with Crippen molar-refractivity contribution in [3.8, 4) is 0 Å². The second kappa shape index (κ2) is 9.23. The molecule has 0 saturated carbocycles. The lowest BCUT2D eigenvalue weighted by molar-refractivity contribution is -0.118. The number of hydrogen-bond donors (Lipinski definition) is 1. The predicted octanol–water partition coefficient (Wildman–Crippen LogP) is 3.22. The maximum absolute atomic E-state index is 13.0. The van der Waals surface area contributed by atoms with E-state index >= 15 is 0 Å². The Balaban J connectivity index is 1.75. The Labute approximate surface area is 173 Å². The number of halogens is 1. The zero-order valence-corrected chi connectivity index (χ0v) is 16.9. The summed E-state index contributed by atoms with van der Waals surface area (Å²) in [6.45, 7) is 3.69. The Bertz CT molecular complexity index is 894. The van der Waals surface area contributed by atoms with Crippen molar-refractivity contribution in [3.05, 3.63) is 53.1 Å². The summed E-state index contributed by atoms with van der Waals surface area (Å²) in [6.07, 6.45) is 5.74. The molecule has 0 aromatic heterocycles. The van der Waals surface area contributed by atoms with E-state index in [4.69, 9.17) is 28.6 Å². The van der Waals surface area contributed by atoms with Crippen LogP contribution in [0.25, 0.3) is 0 Å². The van der Waals surface area contributed by atoms with Gasteiger partial charge in [-0.15, -0.1) is 0 Å². The van der Waals surface area contributed by atoms with Crippen LogP contribution >= 0.6 is 23.8 Å². The monoisotopic (exact) mass is 417 g/mol. The average Bonchev–Trinajstić information content (AvgIpc) is 2.67. The number of amides is 2. The summed E-state index contributed by atoms with van der Waals surface area (Å²) in [4.78, 5) is 31.0. The zero-order chi connectivity index (χ0) is 20.1. The van der Waals surface area contributed by atoms with Gasteiger partial charge in [-0.05, 0) is 55.9 Å². The SMILES string of the molecule is CCOCCCNC(=O)c1cccc(N2C(=O)C3C=CC(Cl)=CC3=NC2=S)c1. The zero-order valence-electron chi connectivity index (χ0n) is 15.4. The molecule has 1 heterocycles. The predicted molar refractivity (Wildman–Crippen MR) is 114 cm³/mol. The standard InChI is InChI=1S/C20H20ClN3O3S/c1-2-27-10-4-9-22-18(25)13-5-3-6-15(11-13)24-19(26)16-8-7-14(21)12-17(16)23-20(24)28/h3,5-8,11-12,16H,2,4,9-10H2,1H3,(H,22,25). The Morgan fingerprint density at radius 1 is 1.43 bits per heavy atom. The molecule has 1 unspecified atom stereocenters. The highest BCUT2D eigenvalue weighted by atomic mass is 35.5. The van der Waals surface area contributed by atoms with Gasteiger partial charge < -0.3 is 10.1 Å². The van der Waals surface area contributed by atoms with Crippen LogP contribution in [0.4, 0.5) is 5.69 Å². The number of nitrogens with zero attached hydrogens (tertiary/aromatic N) is 2. The van der Waals surface area contributed by atoms with E-state index in [-0.39, 0.29) is 16.9 Å². The van der Waals surface area contributed by atoms with Crippen molar-refractivity contribution in [1.29, 1.82) is 0 Å². The van der Waals surface area contributed by atoms with Gasteiger partial charge in [0.05, 0.1) is 17.3 Å². The molecule has 1 aromatic rings. The fourth-order valence-electron chi connectivity index (χ4n) is 2.92. The second-order valence-electron chi connectivity index (χ2n) is 6.22. The quantitative estimate of drug-likeness (QED) is 0.546. The molecule has 146 valence electrons. The number of fused-ring (bicyclic) bond motifs is 1. The van der Waals surface area contributed by atoms with E-state index in [0.29, 0.717) is 41.8 Å². The molecule has 6 nitrogen and oxygen atoms in total. The molecule has 2 amide bonds. The van der Waals surface area contributed by atoms with Gasteiger partial charge in [0.25, 0.3) is 5.91 Å². The van der Waals surface area contributed by atoms with Crippen molar-refractivity contribution in [2.45, 2.75) is 13.3 Å². The van der Waals surface area contributed by atoms with E-state index in [0.717, 1.165) is 6.42 Å². The van der Waals surface area contributed by atoms with Crippen LogP contribution in [-0.2, 0) is 9.53 Å². The summed E-state index contributed by atoms with van der Waals surface area (Å²) in [5, 5.41) is 3.47. The summed E-state index contributed by atoms with van der Waals surface area (Å²) in [6, 6.07) is 6.77. The minimum Gasteiger partial charge on any atom is -0.382 e. The van der Waals surface area contributed by atoms with Gasteiger partial charge in [-0.2, -0.15) is 0 Å². The van der Waals surface area contributed by atoms with Gasteiger partial charge in [0.1, 0.15) is 0 Å². The molecular weight excluding hydrogens is 398 g/mol. The van der Waals surface area contributed by atoms with E-state index in [2.05, 4.69) is 10.3 Å². The number of benzene rings is 1. The third kappa shape index (κ3) is 4.55. The molecule has 1 aromatic carbocycles. The molecule has 3 rings (SSSR count). The van der Waals surface area contributed by atoms with E-state index in [1.807, 2.05) is 6.92 Å². The van der Waals surface area contributed by atoms with Crippen LogP contribution < -0.4 is 10.2 Å². The van der Waals surface area contributed by atoms with Crippen LogP contribution in [0.5, 0.6) is 0 Å². The maximum atomic E-state index is 13.0. The van der Waals surface area contributed by atoms with Crippen LogP contribution in [0.3, 0.4) is 0 Å². The van der Waals surface area contributed by atoms with E-state index in [1.54, 1.807) is 42.5 Å². The number of rotatable bonds is 7. The van der Waals surface area contributed by atoms with Crippen LogP contribution in [0.15, 0.2) is 52.5 Å². The summed E-state index contributed by atoms with van der Waals surface area (Å²) in [7, 11) is 0. The minimum absolute atomic E-state index is 0.126. The average molecular weight is 418 g/mol. The Kier molecular flexibility index (Phi) is 6.72. The lowest BCUT2D eigenvalue weighted by Gasteiger charge is -2.30. The Morgan fingerprint density at radius 2 is 2.25 bits per heavy atom. The molecule has 1 atom stereocenters. The van der Waals surface area contributed by atoms with Gasteiger partial charge in [0.2, 0.25) is 11.0 Å². The fourth-order valence-corrected chi connectivity index (χ4v) is 3.40. The van der Waals surface area contributed by atoms with Gasteiger partial charge in [0.15, 0.2) is 0 Å². The first-order chi connectivity index (χ1) is 13.5. The summed E-state index contributed by atoms with van der Waals surface area (Å²) < 4.78 is 5.25. The number of aliphatic imine (C=N–C) groups is 1. The third-order valence-corrected chi connectivity index (χ3v) is 4.79. The normalized spacial score (nSPS) is 18.5. The molecule has 0 saturated heterocycles. The molecule has 0 spiro atoms. The van der Waals surface area contributed by atoms with E-state index in [9.17, 15) is 9.59 Å². The largest absolute Gasteiger partial charge is 0.382 e. The number of allylic oxidation sites excluding steroid dienone is 3. The number of carbonyl (C=O) groups excluding carboxylic acids is 2. The van der Waals surface area contributed by atoms with Crippen molar-refractivity contribution in [3.63, 3.8) is 0 Å². The van der Waals surface area contributed by atoms with Gasteiger partial charge in [-0.25, -0.2) is 4.99 Å².